The molecular weight excluding hydrogens is 332 g/mol. The number of carbonyl (C=O) groups is 1. The smallest absolute Gasteiger partial charge is 0.273 e. The second-order valence-electron chi connectivity index (χ2n) is 5.88. The molecule has 3 rings (SSSR count). The Morgan fingerprint density at radius 1 is 1.16 bits per heavy atom. The Balaban J connectivity index is 1.75. The zero-order valence-electron chi connectivity index (χ0n) is 14.5. The van der Waals surface area contributed by atoms with Crippen molar-refractivity contribution in [2.24, 2.45) is 0 Å². The molecule has 25 heavy (non-hydrogen) atoms. The molecule has 0 aliphatic rings. The average molecular weight is 352 g/mol. The van der Waals surface area contributed by atoms with E-state index in [0.29, 0.717) is 12.2 Å². The highest BCUT2D eigenvalue weighted by molar-refractivity contribution is 7.13. The molecule has 0 unspecified atom stereocenters. The van der Waals surface area contributed by atoms with Crippen molar-refractivity contribution in [2.45, 2.75) is 13.5 Å². The van der Waals surface area contributed by atoms with Crippen LogP contribution >= 0.6 is 11.3 Å². The van der Waals surface area contributed by atoms with Gasteiger partial charge in [0, 0.05) is 30.1 Å². The monoisotopic (exact) mass is 352 g/mol. The van der Waals surface area contributed by atoms with Crippen molar-refractivity contribution < 1.29 is 9.53 Å². The lowest BCUT2D eigenvalue weighted by molar-refractivity contribution is 0.0779. The molecule has 0 radical (unpaired) electrons. The Kier molecular flexibility index (Phi) is 5.14. The van der Waals surface area contributed by atoms with Gasteiger partial charge in [-0.15, -0.1) is 11.3 Å². The Labute approximate surface area is 151 Å². The summed E-state index contributed by atoms with van der Waals surface area (Å²) >= 11 is 1.48. The van der Waals surface area contributed by atoms with Gasteiger partial charge in [0.05, 0.1) is 7.11 Å². The predicted molar refractivity (Wildman–Crippen MR) is 101 cm³/mol. The Morgan fingerprint density at radius 2 is 1.88 bits per heavy atom. The van der Waals surface area contributed by atoms with Crippen LogP contribution in [0.4, 0.5) is 0 Å². The van der Waals surface area contributed by atoms with Gasteiger partial charge in [-0.05, 0) is 13.0 Å². The van der Waals surface area contributed by atoms with Crippen LogP contribution in [0.2, 0.25) is 0 Å². The molecule has 0 fully saturated rings. The number of hydrogen-bond acceptors (Lipinski definition) is 4. The first-order valence-electron chi connectivity index (χ1n) is 7.98. The average Bonchev–Trinajstić information content (AvgIpc) is 3.12. The van der Waals surface area contributed by atoms with Gasteiger partial charge in [-0.25, -0.2) is 4.98 Å². The van der Waals surface area contributed by atoms with Crippen LogP contribution < -0.4 is 4.74 Å². The van der Waals surface area contributed by atoms with Crippen LogP contribution in [-0.2, 0) is 6.54 Å². The molecule has 1 aromatic heterocycles. The van der Waals surface area contributed by atoms with Gasteiger partial charge in [0.25, 0.3) is 5.91 Å². The summed E-state index contributed by atoms with van der Waals surface area (Å²) in [5, 5.41) is 2.67. The number of aryl methyl sites for hydroxylation is 1. The number of thiazole rings is 1. The topological polar surface area (TPSA) is 42.4 Å². The number of nitrogens with zero attached hydrogens (tertiary/aromatic N) is 2. The van der Waals surface area contributed by atoms with Crippen LogP contribution in [0.15, 0.2) is 53.9 Å². The van der Waals surface area contributed by atoms with E-state index < -0.39 is 0 Å². The van der Waals surface area contributed by atoms with E-state index in [1.54, 1.807) is 19.1 Å². The number of rotatable bonds is 5. The van der Waals surface area contributed by atoms with Crippen LogP contribution in [0.3, 0.4) is 0 Å². The van der Waals surface area contributed by atoms with E-state index in [4.69, 9.17) is 4.74 Å². The van der Waals surface area contributed by atoms with E-state index in [2.05, 4.69) is 4.98 Å². The van der Waals surface area contributed by atoms with E-state index in [1.807, 2.05) is 60.8 Å². The Bertz CT molecular complexity index is 871. The molecule has 0 aliphatic carbocycles. The molecule has 0 bridgehead atoms. The molecule has 0 saturated carbocycles. The van der Waals surface area contributed by atoms with Crippen molar-refractivity contribution in [2.75, 3.05) is 14.2 Å². The normalized spacial score (nSPS) is 10.5. The standard InChI is InChI=1S/C20H20N2O2S/c1-14-8-10-15(11-9-14)19-21-17(13-25-19)20(23)22(2)12-16-6-4-5-7-18(16)24-3/h4-11,13H,12H2,1-3H3. The van der Waals surface area contributed by atoms with Crippen molar-refractivity contribution in [3.8, 4) is 16.3 Å². The first kappa shape index (κ1) is 17.2. The summed E-state index contributed by atoms with van der Waals surface area (Å²) in [6, 6.07) is 15.9. The number of carbonyl (C=O) groups excluding carboxylic acids is 1. The molecule has 0 aliphatic heterocycles. The van der Waals surface area contributed by atoms with Crippen LogP contribution in [0.5, 0.6) is 5.75 Å². The predicted octanol–water partition coefficient (Wildman–Crippen LogP) is 4.40. The van der Waals surface area contributed by atoms with Crippen molar-refractivity contribution >= 4 is 17.2 Å². The fraction of sp³-hybridized carbons (Fsp3) is 0.200. The highest BCUT2D eigenvalue weighted by Crippen LogP contribution is 2.25. The van der Waals surface area contributed by atoms with Crippen LogP contribution in [0.1, 0.15) is 21.6 Å². The number of amides is 1. The maximum atomic E-state index is 12.7. The number of methoxy groups -OCH3 is 1. The molecule has 0 spiro atoms. The molecular formula is C20H20N2O2S. The number of para-hydroxylation sites is 1. The fourth-order valence-electron chi connectivity index (χ4n) is 2.56. The molecule has 2 aromatic carbocycles. The highest BCUT2D eigenvalue weighted by atomic mass is 32.1. The molecule has 0 N–H and O–H groups in total. The number of aromatic nitrogens is 1. The van der Waals surface area contributed by atoms with Gasteiger partial charge in [0.1, 0.15) is 16.5 Å². The first-order valence-corrected chi connectivity index (χ1v) is 8.86. The maximum Gasteiger partial charge on any atom is 0.273 e. The Hall–Kier alpha value is -2.66. The maximum absolute atomic E-state index is 12.7. The summed E-state index contributed by atoms with van der Waals surface area (Å²) in [5.74, 6) is 0.682. The van der Waals surface area contributed by atoms with E-state index in [1.165, 1.54) is 16.9 Å². The third kappa shape index (κ3) is 3.88. The summed E-state index contributed by atoms with van der Waals surface area (Å²) in [5.41, 5.74) is 3.67. The molecule has 1 heterocycles. The van der Waals surface area contributed by atoms with E-state index in [0.717, 1.165) is 21.9 Å². The summed E-state index contributed by atoms with van der Waals surface area (Å²) in [4.78, 5) is 18.8. The summed E-state index contributed by atoms with van der Waals surface area (Å²) in [6.07, 6.45) is 0. The highest BCUT2D eigenvalue weighted by Gasteiger charge is 2.17. The van der Waals surface area contributed by atoms with Crippen molar-refractivity contribution in [3.05, 3.63) is 70.7 Å². The van der Waals surface area contributed by atoms with Crippen molar-refractivity contribution in [1.29, 1.82) is 0 Å². The Morgan fingerprint density at radius 3 is 2.60 bits per heavy atom. The third-order valence-electron chi connectivity index (χ3n) is 3.97. The van der Waals surface area contributed by atoms with Crippen LogP contribution in [0, 0.1) is 6.92 Å². The number of hydrogen-bond donors (Lipinski definition) is 0. The minimum absolute atomic E-state index is 0.0967. The molecule has 5 heteroatoms. The zero-order valence-corrected chi connectivity index (χ0v) is 15.3. The summed E-state index contributed by atoms with van der Waals surface area (Å²) in [7, 11) is 3.41. The summed E-state index contributed by atoms with van der Waals surface area (Å²) in [6.45, 7) is 2.52. The molecule has 0 saturated heterocycles. The van der Waals surface area contributed by atoms with E-state index >= 15 is 0 Å². The van der Waals surface area contributed by atoms with E-state index in [-0.39, 0.29) is 5.91 Å². The second-order valence-corrected chi connectivity index (χ2v) is 6.74. The lowest BCUT2D eigenvalue weighted by Crippen LogP contribution is -2.26. The zero-order chi connectivity index (χ0) is 17.8. The lowest BCUT2D eigenvalue weighted by Gasteiger charge is -2.17. The molecule has 0 atom stereocenters. The van der Waals surface area contributed by atoms with Gasteiger partial charge in [-0.2, -0.15) is 0 Å². The SMILES string of the molecule is COc1ccccc1CN(C)C(=O)c1csc(-c2ccc(C)cc2)n1. The van der Waals surface area contributed by atoms with Gasteiger partial charge in [0.15, 0.2) is 0 Å². The van der Waals surface area contributed by atoms with Crippen molar-refractivity contribution in [3.63, 3.8) is 0 Å². The quantitative estimate of drug-likeness (QED) is 0.683. The van der Waals surface area contributed by atoms with Crippen molar-refractivity contribution in [1.82, 2.24) is 9.88 Å². The van der Waals surface area contributed by atoms with Gasteiger partial charge >= 0.3 is 0 Å². The van der Waals surface area contributed by atoms with Gasteiger partial charge in [-0.3, -0.25) is 4.79 Å². The minimum atomic E-state index is -0.0967. The van der Waals surface area contributed by atoms with Gasteiger partial charge < -0.3 is 9.64 Å². The molecule has 3 aromatic rings. The summed E-state index contributed by atoms with van der Waals surface area (Å²) < 4.78 is 5.35. The first-order chi connectivity index (χ1) is 12.1. The number of ether oxygens (including phenoxy) is 1. The lowest BCUT2D eigenvalue weighted by atomic mass is 10.2. The third-order valence-corrected chi connectivity index (χ3v) is 4.86. The van der Waals surface area contributed by atoms with E-state index in [9.17, 15) is 4.79 Å². The molecule has 128 valence electrons. The fourth-order valence-corrected chi connectivity index (χ4v) is 3.36. The van der Waals surface area contributed by atoms with Gasteiger partial charge in [-0.1, -0.05) is 48.0 Å². The minimum Gasteiger partial charge on any atom is -0.496 e. The molecule has 4 nitrogen and oxygen atoms in total. The largest absolute Gasteiger partial charge is 0.496 e. The second kappa shape index (κ2) is 7.49. The number of benzene rings is 2. The van der Waals surface area contributed by atoms with Crippen LogP contribution in [0.25, 0.3) is 10.6 Å². The van der Waals surface area contributed by atoms with Crippen LogP contribution in [-0.4, -0.2) is 29.9 Å². The van der Waals surface area contributed by atoms with Gasteiger partial charge in [0.2, 0.25) is 0 Å². The molecule has 1 amide bonds.